The van der Waals surface area contributed by atoms with Gasteiger partial charge in [0.25, 0.3) is 0 Å². The van der Waals surface area contributed by atoms with Crippen LogP contribution in [0.15, 0.2) is 30.5 Å². The summed E-state index contributed by atoms with van der Waals surface area (Å²) in [6.07, 6.45) is 7.33. The first-order chi connectivity index (χ1) is 11.7. The molecule has 0 unspecified atom stereocenters. The zero-order valence-electron chi connectivity index (χ0n) is 14.8. The van der Waals surface area contributed by atoms with Gasteiger partial charge in [-0.2, -0.15) is 0 Å². The first kappa shape index (κ1) is 21.0. The van der Waals surface area contributed by atoms with Crippen molar-refractivity contribution < 1.29 is 4.79 Å². The average molecular weight is 399 g/mol. The lowest BCUT2D eigenvalue weighted by atomic mass is 10.0. The Morgan fingerprint density at radius 1 is 1.19 bits per heavy atom. The van der Waals surface area contributed by atoms with E-state index in [2.05, 4.69) is 21.3 Å². The normalized spacial score (nSPS) is 19.4. The first-order valence-electron chi connectivity index (χ1n) is 9.05. The van der Waals surface area contributed by atoms with Crippen LogP contribution in [0.4, 0.5) is 0 Å². The second-order valence-corrected chi connectivity index (χ2v) is 7.22. The van der Waals surface area contributed by atoms with E-state index in [-0.39, 0.29) is 36.8 Å². The predicted octanol–water partition coefficient (Wildman–Crippen LogP) is 2.62. The molecule has 144 valence electrons. The summed E-state index contributed by atoms with van der Waals surface area (Å²) in [6.45, 7) is 2.21. The van der Waals surface area contributed by atoms with E-state index in [1.54, 1.807) is 0 Å². The minimum Gasteiger partial charge on any atom is -0.361 e. The number of piperidine rings is 1. The van der Waals surface area contributed by atoms with Crippen molar-refractivity contribution in [2.24, 2.45) is 5.73 Å². The summed E-state index contributed by atoms with van der Waals surface area (Å²) < 4.78 is 0. The number of carbonyl (C=O) groups is 1. The molecule has 0 bridgehead atoms. The summed E-state index contributed by atoms with van der Waals surface area (Å²) >= 11 is 0. The number of nitrogens with zero attached hydrogens (tertiary/aromatic N) is 1. The van der Waals surface area contributed by atoms with Crippen LogP contribution < -0.4 is 11.1 Å². The van der Waals surface area contributed by atoms with E-state index in [9.17, 15) is 4.79 Å². The van der Waals surface area contributed by atoms with E-state index in [1.165, 1.54) is 12.8 Å². The number of nitrogens with one attached hydrogen (secondary N) is 2. The molecular formula is C19H28Cl2N4O. The van der Waals surface area contributed by atoms with Gasteiger partial charge in [-0.25, -0.2) is 0 Å². The molecule has 1 aromatic heterocycles. The molecule has 7 heteroatoms. The predicted molar refractivity (Wildman–Crippen MR) is 110 cm³/mol. The number of para-hydroxylation sites is 1. The number of likely N-dealkylation sites (tertiary alicyclic amines) is 1. The molecule has 2 fully saturated rings. The molecule has 1 amide bonds. The van der Waals surface area contributed by atoms with Gasteiger partial charge in [0.15, 0.2) is 0 Å². The largest absolute Gasteiger partial charge is 0.361 e. The van der Waals surface area contributed by atoms with Gasteiger partial charge in [-0.1, -0.05) is 18.2 Å². The van der Waals surface area contributed by atoms with Crippen LogP contribution in [-0.4, -0.2) is 47.0 Å². The maximum Gasteiger partial charge on any atom is 0.237 e. The smallest absolute Gasteiger partial charge is 0.237 e. The summed E-state index contributed by atoms with van der Waals surface area (Å²) in [5, 5.41) is 4.31. The molecule has 1 aliphatic heterocycles. The van der Waals surface area contributed by atoms with Gasteiger partial charge >= 0.3 is 0 Å². The Balaban J connectivity index is 0.00000121. The molecule has 1 atom stereocenters. The number of fused-ring (bicyclic) bond motifs is 1. The fourth-order valence-corrected chi connectivity index (χ4v) is 3.79. The number of aromatic amines is 1. The maximum absolute atomic E-state index is 12.4. The number of H-pyrrole nitrogens is 1. The summed E-state index contributed by atoms with van der Waals surface area (Å²) in [7, 11) is 0. The fourth-order valence-electron chi connectivity index (χ4n) is 3.79. The minimum atomic E-state index is -0.495. The molecule has 2 aliphatic rings. The van der Waals surface area contributed by atoms with Gasteiger partial charge in [-0.3, -0.25) is 4.79 Å². The lowest BCUT2D eigenvalue weighted by molar-refractivity contribution is -0.123. The highest BCUT2D eigenvalue weighted by molar-refractivity contribution is 5.86. The van der Waals surface area contributed by atoms with Gasteiger partial charge in [-0.15, -0.1) is 24.8 Å². The van der Waals surface area contributed by atoms with Crippen molar-refractivity contribution in [1.29, 1.82) is 0 Å². The first-order valence-corrected chi connectivity index (χ1v) is 9.05. The van der Waals surface area contributed by atoms with Crippen molar-refractivity contribution in [3.8, 4) is 0 Å². The average Bonchev–Trinajstić information content (AvgIpc) is 3.38. The van der Waals surface area contributed by atoms with Gasteiger partial charge in [0.1, 0.15) is 0 Å². The van der Waals surface area contributed by atoms with Crippen LogP contribution in [0.1, 0.15) is 31.2 Å². The number of aromatic nitrogens is 1. The Kier molecular flexibility index (Phi) is 7.35. The van der Waals surface area contributed by atoms with E-state index < -0.39 is 6.04 Å². The van der Waals surface area contributed by atoms with Crippen LogP contribution in [0.5, 0.6) is 0 Å². The number of hydrogen-bond acceptors (Lipinski definition) is 3. The number of amides is 1. The van der Waals surface area contributed by atoms with Crippen LogP contribution in [0, 0.1) is 0 Å². The van der Waals surface area contributed by atoms with Crippen molar-refractivity contribution in [3.05, 3.63) is 36.0 Å². The molecule has 4 rings (SSSR count). The Bertz CT molecular complexity index is 723. The molecule has 0 spiro atoms. The number of hydrogen-bond donors (Lipinski definition) is 3. The van der Waals surface area contributed by atoms with E-state index in [0.717, 1.165) is 48.4 Å². The Hall–Kier alpha value is -1.27. The Morgan fingerprint density at radius 2 is 1.88 bits per heavy atom. The number of rotatable bonds is 5. The van der Waals surface area contributed by atoms with Gasteiger partial charge < -0.3 is 20.9 Å². The second kappa shape index (κ2) is 9.09. The molecule has 1 saturated heterocycles. The summed E-state index contributed by atoms with van der Waals surface area (Å²) in [5.41, 5.74) is 8.36. The molecule has 2 heterocycles. The monoisotopic (exact) mass is 398 g/mol. The van der Waals surface area contributed by atoms with Crippen LogP contribution in [0.25, 0.3) is 10.9 Å². The van der Waals surface area contributed by atoms with Crippen molar-refractivity contribution in [1.82, 2.24) is 15.2 Å². The van der Waals surface area contributed by atoms with Crippen molar-refractivity contribution >= 4 is 41.6 Å². The molecule has 5 nitrogen and oxygen atoms in total. The standard InChI is InChI=1S/C19H26N4O.2ClH/c20-17(11-13-12-21-18-4-2-1-3-16(13)18)19(24)22-14-7-9-23(10-8-14)15-5-6-15;;/h1-4,12,14-15,17,21H,5-11,20H2,(H,22,24);2*1H/t17-;;/m0../s1. The molecule has 1 aromatic carbocycles. The van der Waals surface area contributed by atoms with Gasteiger partial charge in [0.05, 0.1) is 6.04 Å². The van der Waals surface area contributed by atoms with E-state index in [1.807, 2.05) is 24.4 Å². The quantitative estimate of drug-likeness (QED) is 0.724. The molecule has 2 aromatic rings. The Labute approximate surface area is 166 Å². The minimum absolute atomic E-state index is 0. The van der Waals surface area contributed by atoms with Crippen LogP contribution in [0.3, 0.4) is 0 Å². The highest BCUT2D eigenvalue weighted by Gasteiger charge is 2.32. The zero-order valence-corrected chi connectivity index (χ0v) is 16.5. The SMILES string of the molecule is Cl.Cl.N[C@@H](Cc1c[nH]c2ccccc12)C(=O)NC1CCN(C2CC2)CC1. The molecule has 1 saturated carbocycles. The van der Waals surface area contributed by atoms with Crippen LogP contribution in [-0.2, 0) is 11.2 Å². The lowest BCUT2D eigenvalue weighted by Crippen LogP contribution is -2.50. The highest BCUT2D eigenvalue weighted by atomic mass is 35.5. The van der Waals surface area contributed by atoms with Gasteiger partial charge in [0, 0.05) is 42.3 Å². The number of benzene rings is 1. The van der Waals surface area contributed by atoms with E-state index in [4.69, 9.17) is 5.73 Å². The van der Waals surface area contributed by atoms with Crippen molar-refractivity contribution in [3.63, 3.8) is 0 Å². The third kappa shape index (κ3) is 4.71. The molecule has 26 heavy (non-hydrogen) atoms. The van der Waals surface area contributed by atoms with Gasteiger partial charge in [-0.05, 0) is 43.7 Å². The zero-order chi connectivity index (χ0) is 16.5. The fraction of sp³-hybridized carbons (Fsp3) is 0.526. The second-order valence-electron chi connectivity index (χ2n) is 7.22. The number of nitrogens with two attached hydrogens (primary N) is 1. The molecule has 1 aliphatic carbocycles. The third-order valence-corrected chi connectivity index (χ3v) is 5.39. The van der Waals surface area contributed by atoms with E-state index in [0.29, 0.717) is 6.42 Å². The van der Waals surface area contributed by atoms with Gasteiger partial charge in [0.2, 0.25) is 5.91 Å². The summed E-state index contributed by atoms with van der Waals surface area (Å²) in [6, 6.07) is 8.73. The topological polar surface area (TPSA) is 74.1 Å². The van der Waals surface area contributed by atoms with Crippen LogP contribution in [0.2, 0.25) is 0 Å². The summed E-state index contributed by atoms with van der Waals surface area (Å²) in [5.74, 6) is -0.0230. The maximum atomic E-state index is 12.4. The van der Waals surface area contributed by atoms with Crippen LogP contribution >= 0.6 is 24.8 Å². The molecule has 4 N–H and O–H groups in total. The van der Waals surface area contributed by atoms with Crippen molar-refractivity contribution in [2.45, 2.75) is 50.2 Å². The van der Waals surface area contributed by atoms with Crippen molar-refractivity contribution in [2.75, 3.05) is 13.1 Å². The third-order valence-electron chi connectivity index (χ3n) is 5.39. The lowest BCUT2D eigenvalue weighted by Gasteiger charge is -2.32. The number of carbonyl (C=O) groups excluding carboxylic acids is 1. The summed E-state index contributed by atoms with van der Waals surface area (Å²) in [4.78, 5) is 18.2. The molecule has 0 radical (unpaired) electrons. The van der Waals surface area contributed by atoms with E-state index >= 15 is 0 Å². The molecular weight excluding hydrogens is 371 g/mol. The Morgan fingerprint density at radius 3 is 2.58 bits per heavy atom. The number of halogens is 2. The highest BCUT2D eigenvalue weighted by Crippen LogP contribution is 2.29.